The van der Waals surface area contributed by atoms with Crippen LogP contribution in [-0.4, -0.2) is 8.42 Å². The van der Waals surface area contributed by atoms with Crippen molar-refractivity contribution in [2.45, 2.75) is 10.5 Å². The topological polar surface area (TPSA) is 34.1 Å². The van der Waals surface area contributed by atoms with Crippen molar-refractivity contribution in [2.24, 2.45) is 0 Å². The summed E-state index contributed by atoms with van der Waals surface area (Å²) in [5.41, 5.74) is -1.04. The van der Waals surface area contributed by atoms with E-state index in [2.05, 4.69) is 0 Å². The first-order valence-corrected chi connectivity index (χ1v) is 13.4. The van der Waals surface area contributed by atoms with E-state index >= 15 is 0 Å². The summed E-state index contributed by atoms with van der Waals surface area (Å²) in [6.07, 6.45) is 3.70. The fraction of sp³-hybridized carbons (Fsp3) is 0.0667. The van der Waals surface area contributed by atoms with Crippen LogP contribution in [0.1, 0.15) is 32.8 Å². The summed E-state index contributed by atoms with van der Waals surface area (Å²) in [4.78, 5) is 0. The summed E-state index contributed by atoms with van der Waals surface area (Å²) in [6.45, 7) is 0. The molecule has 2 unspecified atom stereocenters. The van der Waals surface area contributed by atoms with Gasteiger partial charge in [-0.05, 0) is 59.7 Å². The van der Waals surface area contributed by atoms with Crippen LogP contribution < -0.4 is 0 Å². The smallest absolute Gasteiger partial charge is 0.195 e. The third-order valence-corrected chi connectivity index (χ3v) is 8.41. The Kier molecular flexibility index (Phi) is 8.77. The van der Waals surface area contributed by atoms with Gasteiger partial charge in [-0.1, -0.05) is 48.6 Å². The van der Waals surface area contributed by atoms with Crippen molar-refractivity contribution in [3.63, 3.8) is 0 Å². The Bertz CT molecular complexity index is 1610. The SMILES string of the molecule is O=S(=O)(C(C=Cc1ccc(F)c(F)c1F)c1ccc(F)cc1)C(C=Cc1ccc(F)c(F)c1F)c1ccc(F)cc1. The monoisotopic (exact) mass is 594 g/mol. The van der Waals surface area contributed by atoms with E-state index in [-0.39, 0.29) is 11.1 Å². The van der Waals surface area contributed by atoms with Gasteiger partial charge in [0, 0.05) is 11.1 Å². The molecular formula is C30H18F8O2S. The van der Waals surface area contributed by atoms with Crippen LogP contribution in [0.15, 0.2) is 84.9 Å². The second-order valence-electron chi connectivity index (χ2n) is 8.78. The standard InChI is InChI=1S/C30H18F8O2S/c31-21-9-1-17(2-10-21)25(15-7-19-5-13-23(33)29(37)27(19)35)41(39,40)26(18-3-11-22(32)12-4-18)16-8-20-6-14-24(34)30(38)28(20)36/h1-16,25-26H. The largest absolute Gasteiger partial charge is 0.227 e. The molecule has 0 saturated heterocycles. The third-order valence-electron chi connectivity index (χ3n) is 6.14. The van der Waals surface area contributed by atoms with Crippen LogP contribution in [-0.2, 0) is 9.84 Å². The van der Waals surface area contributed by atoms with Gasteiger partial charge in [0.15, 0.2) is 44.7 Å². The van der Waals surface area contributed by atoms with Crippen LogP contribution in [0.4, 0.5) is 35.1 Å². The fourth-order valence-electron chi connectivity index (χ4n) is 4.00. The number of sulfone groups is 1. The molecule has 41 heavy (non-hydrogen) atoms. The molecule has 0 saturated carbocycles. The Labute approximate surface area is 229 Å². The van der Waals surface area contributed by atoms with Crippen LogP contribution in [0.5, 0.6) is 0 Å². The lowest BCUT2D eigenvalue weighted by molar-refractivity contribution is 0.446. The van der Waals surface area contributed by atoms with Crippen LogP contribution >= 0.6 is 0 Å². The number of halogens is 8. The van der Waals surface area contributed by atoms with Gasteiger partial charge in [0.2, 0.25) is 0 Å². The van der Waals surface area contributed by atoms with E-state index in [1.807, 2.05) is 0 Å². The van der Waals surface area contributed by atoms with E-state index in [9.17, 15) is 43.5 Å². The predicted molar refractivity (Wildman–Crippen MR) is 138 cm³/mol. The molecule has 0 aliphatic carbocycles. The quantitative estimate of drug-likeness (QED) is 0.152. The summed E-state index contributed by atoms with van der Waals surface area (Å²) in [6, 6.07) is 11.4. The van der Waals surface area contributed by atoms with Crippen LogP contribution in [0, 0.1) is 46.5 Å². The zero-order chi connectivity index (χ0) is 29.9. The number of hydrogen-bond acceptors (Lipinski definition) is 2. The molecule has 2 nitrogen and oxygen atoms in total. The number of benzene rings is 4. The maximum Gasteiger partial charge on any atom is 0.195 e. The molecule has 0 radical (unpaired) electrons. The summed E-state index contributed by atoms with van der Waals surface area (Å²) in [5, 5.41) is -3.38. The normalized spacial score (nSPS) is 13.7. The number of hydrogen-bond donors (Lipinski definition) is 0. The minimum absolute atomic E-state index is 0.0230. The lowest BCUT2D eigenvalue weighted by Gasteiger charge is -2.22. The number of rotatable bonds is 8. The maximum atomic E-state index is 14.3. The van der Waals surface area contributed by atoms with Gasteiger partial charge in [-0.2, -0.15) is 0 Å². The molecule has 0 spiro atoms. The first-order chi connectivity index (χ1) is 19.4. The van der Waals surface area contributed by atoms with E-state index in [0.717, 1.165) is 85.0 Å². The highest BCUT2D eigenvalue weighted by Crippen LogP contribution is 2.38. The lowest BCUT2D eigenvalue weighted by atomic mass is 10.1. The van der Waals surface area contributed by atoms with Crippen molar-refractivity contribution < 1.29 is 43.5 Å². The van der Waals surface area contributed by atoms with Crippen LogP contribution in [0.2, 0.25) is 0 Å². The molecule has 2 atom stereocenters. The van der Waals surface area contributed by atoms with Crippen molar-refractivity contribution in [1.29, 1.82) is 0 Å². The molecule has 0 fully saturated rings. The van der Waals surface area contributed by atoms with Crippen molar-refractivity contribution in [3.05, 3.63) is 154 Å². The molecule has 0 N–H and O–H groups in total. The Hall–Kier alpha value is -4.25. The summed E-state index contributed by atoms with van der Waals surface area (Å²) >= 11 is 0. The molecule has 0 aliphatic heterocycles. The minimum Gasteiger partial charge on any atom is -0.227 e. The molecular weight excluding hydrogens is 576 g/mol. The molecule has 0 bridgehead atoms. The van der Waals surface area contributed by atoms with E-state index in [4.69, 9.17) is 0 Å². The van der Waals surface area contributed by atoms with Gasteiger partial charge in [0.05, 0.1) is 0 Å². The van der Waals surface area contributed by atoms with Gasteiger partial charge in [-0.25, -0.2) is 43.5 Å². The lowest BCUT2D eigenvalue weighted by Crippen LogP contribution is -2.19. The molecule has 4 aromatic carbocycles. The highest BCUT2D eigenvalue weighted by atomic mass is 32.2. The van der Waals surface area contributed by atoms with Crippen molar-refractivity contribution >= 4 is 22.0 Å². The zero-order valence-electron chi connectivity index (χ0n) is 20.6. The summed E-state index contributed by atoms with van der Waals surface area (Å²) < 4.78 is 139. The predicted octanol–water partition coefficient (Wildman–Crippen LogP) is 8.42. The van der Waals surface area contributed by atoms with E-state index < -0.39 is 78.0 Å². The average molecular weight is 595 g/mol. The molecule has 212 valence electrons. The van der Waals surface area contributed by atoms with Gasteiger partial charge >= 0.3 is 0 Å². The molecule has 0 amide bonds. The van der Waals surface area contributed by atoms with Gasteiger partial charge in [-0.3, -0.25) is 0 Å². The van der Waals surface area contributed by atoms with Gasteiger partial charge in [0.1, 0.15) is 22.1 Å². The van der Waals surface area contributed by atoms with E-state index in [1.165, 1.54) is 0 Å². The average Bonchev–Trinajstić information content (AvgIpc) is 2.94. The Balaban J connectivity index is 1.88. The van der Waals surface area contributed by atoms with Crippen LogP contribution in [0.25, 0.3) is 12.2 Å². The Morgan fingerprint density at radius 1 is 0.463 bits per heavy atom. The van der Waals surface area contributed by atoms with Gasteiger partial charge in [0.25, 0.3) is 0 Å². The molecule has 0 aromatic heterocycles. The molecule has 0 heterocycles. The van der Waals surface area contributed by atoms with Crippen molar-refractivity contribution in [1.82, 2.24) is 0 Å². The van der Waals surface area contributed by atoms with Gasteiger partial charge < -0.3 is 0 Å². The zero-order valence-corrected chi connectivity index (χ0v) is 21.5. The Morgan fingerprint density at radius 2 is 0.805 bits per heavy atom. The van der Waals surface area contributed by atoms with Crippen molar-refractivity contribution in [3.8, 4) is 0 Å². The van der Waals surface area contributed by atoms with E-state index in [0.29, 0.717) is 12.1 Å². The maximum absolute atomic E-state index is 14.3. The second-order valence-corrected chi connectivity index (χ2v) is 11.0. The molecule has 4 aromatic rings. The van der Waals surface area contributed by atoms with Crippen molar-refractivity contribution in [2.75, 3.05) is 0 Å². The third kappa shape index (κ3) is 6.40. The molecule has 11 heteroatoms. The first kappa shape index (κ1) is 29.7. The fourth-order valence-corrected chi connectivity index (χ4v) is 5.99. The minimum atomic E-state index is -4.60. The van der Waals surface area contributed by atoms with Gasteiger partial charge in [-0.15, -0.1) is 0 Å². The molecule has 0 aliphatic rings. The summed E-state index contributed by atoms with van der Waals surface area (Å²) in [5.74, 6) is -11.1. The highest BCUT2D eigenvalue weighted by Gasteiger charge is 2.34. The summed E-state index contributed by atoms with van der Waals surface area (Å²) in [7, 11) is -4.60. The highest BCUT2D eigenvalue weighted by molar-refractivity contribution is 7.92. The first-order valence-electron chi connectivity index (χ1n) is 11.8. The van der Waals surface area contributed by atoms with E-state index in [1.54, 1.807) is 0 Å². The van der Waals surface area contributed by atoms with Crippen LogP contribution in [0.3, 0.4) is 0 Å². The molecule has 4 rings (SSSR count). The Morgan fingerprint density at radius 3 is 1.15 bits per heavy atom. The second kappa shape index (κ2) is 12.1.